The van der Waals surface area contributed by atoms with E-state index < -0.39 is 0 Å². The molecule has 96 valence electrons. The Morgan fingerprint density at radius 1 is 1.53 bits per heavy atom. The minimum Gasteiger partial charge on any atom is -0.345 e. The van der Waals surface area contributed by atoms with Gasteiger partial charge in [0, 0.05) is 19.1 Å². The zero-order valence-corrected chi connectivity index (χ0v) is 11.0. The molecule has 2 heterocycles. The minimum atomic E-state index is -0.147. The van der Waals surface area contributed by atoms with E-state index in [2.05, 4.69) is 16.5 Å². The summed E-state index contributed by atoms with van der Waals surface area (Å²) >= 11 is 1.39. The lowest BCUT2D eigenvalue weighted by atomic mass is 10.2. The third kappa shape index (κ3) is 2.37. The number of nitrogens with one attached hydrogen (secondary N) is 1. The number of nitrogens with zero attached hydrogens (tertiary/aromatic N) is 3. The van der Waals surface area contributed by atoms with E-state index in [9.17, 15) is 4.79 Å². The van der Waals surface area contributed by atoms with Crippen LogP contribution in [0.2, 0.25) is 0 Å². The van der Waals surface area contributed by atoms with E-state index in [1.165, 1.54) is 11.3 Å². The van der Waals surface area contributed by atoms with E-state index in [0.717, 1.165) is 16.6 Å². The van der Waals surface area contributed by atoms with Crippen LogP contribution in [0.5, 0.6) is 0 Å². The molecule has 3 rings (SSSR count). The molecule has 0 aliphatic carbocycles. The maximum Gasteiger partial charge on any atom is 0.280 e. The minimum absolute atomic E-state index is 0.0409. The lowest BCUT2D eigenvalue weighted by Gasteiger charge is -2.10. The summed E-state index contributed by atoms with van der Waals surface area (Å²) in [5.74, 6) is -0.147. The molecular weight excluding hydrogens is 260 g/mol. The van der Waals surface area contributed by atoms with E-state index in [0.29, 0.717) is 18.1 Å². The van der Waals surface area contributed by atoms with Crippen LogP contribution in [-0.2, 0) is 0 Å². The molecular formula is C13H12N4OS. The van der Waals surface area contributed by atoms with Crippen molar-refractivity contribution in [2.24, 2.45) is 0 Å². The summed E-state index contributed by atoms with van der Waals surface area (Å²) in [6, 6.07) is 7.74. The van der Waals surface area contributed by atoms with Gasteiger partial charge in [0.05, 0.1) is 10.2 Å². The fraction of sp³-hybridized carbons (Fsp3) is 0.308. The first kappa shape index (κ1) is 11.9. The number of hydrogen-bond donors (Lipinski definition) is 1. The zero-order chi connectivity index (χ0) is 13.2. The maximum atomic E-state index is 12.1. The standard InChI is InChI=1S/C13H12N4OS/c14-8-17-6-5-9(7-17)15-12(18)13-16-10-3-1-2-4-11(10)19-13/h1-4,9H,5-7H2,(H,15,18). The Balaban J connectivity index is 1.72. The van der Waals surface area contributed by atoms with Crippen molar-refractivity contribution in [1.82, 2.24) is 15.2 Å². The summed E-state index contributed by atoms with van der Waals surface area (Å²) in [6.45, 7) is 1.30. The molecule has 1 fully saturated rings. The normalized spacial score (nSPS) is 18.5. The van der Waals surface area contributed by atoms with Crippen molar-refractivity contribution in [1.29, 1.82) is 5.26 Å². The SMILES string of the molecule is N#CN1CCC(NC(=O)c2nc3ccccc3s2)C1. The smallest absolute Gasteiger partial charge is 0.280 e. The number of rotatable bonds is 2. The third-order valence-corrected chi connectivity index (χ3v) is 4.19. The van der Waals surface area contributed by atoms with Crippen LogP contribution in [0.15, 0.2) is 24.3 Å². The molecule has 0 bridgehead atoms. The maximum absolute atomic E-state index is 12.1. The Morgan fingerprint density at radius 2 is 2.37 bits per heavy atom. The fourth-order valence-corrected chi connectivity index (χ4v) is 3.05. The number of likely N-dealkylation sites (tertiary alicyclic amines) is 1. The Morgan fingerprint density at radius 3 is 3.11 bits per heavy atom. The molecule has 1 aromatic carbocycles. The van der Waals surface area contributed by atoms with E-state index >= 15 is 0 Å². The predicted molar refractivity (Wildman–Crippen MR) is 72.7 cm³/mol. The van der Waals surface area contributed by atoms with Crippen molar-refractivity contribution in [2.45, 2.75) is 12.5 Å². The largest absolute Gasteiger partial charge is 0.345 e. The number of carbonyl (C=O) groups is 1. The first-order valence-corrected chi connectivity index (χ1v) is 6.89. The van der Waals surface area contributed by atoms with E-state index in [-0.39, 0.29) is 11.9 Å². The highest BCUT2D eigenvalue weighted by Crippen LogP contribution is 2.21. The highest BCUT2D eigenvalue weighted by atomic mass is 32.1. The number of fused-ring (bicyclic) bond motifs is 1. The van der Waals surface area contributed by atoms with Crippen molar-refractivity contribution in [3.05, 3.63) is 29.3 Å². The van der Waals surface area contributed by atoms with E-state index in [1.807, 2.05) is 24.3 Å². The van der Waals surface area contributed by atoms with Gasteiger partial charge in [-0.3, -0.25) is 4.79 Å². The van der Waals surface area contributed by atoms with Crippen LogP contribution in [0.3, 0.4) is 0 Å². The van der Waals surface area contributed by atoms with E-state index in [4.69, 9.17) is 5.26 Å². The first-order chi connectivity index (χ1) is 9.26. The van der Waals surface area contributed by atoms with Crippen LogP contribution in [0.1, 0.15) is 16.2 Å². The number of carbonyl (C=O) groups excluding carboxylic acids is 1. The number of aromatic nitrogens is 1. The van der Waals surface area contributed by atoms with Crippen LogP contribution in [0.4, 0.5) is 0 Å². The second-order valence-electron chi connectivity index (χ2n) is 4.49. The van der Waals surface area contributed by atoms with Crippen molar-refractivity contribution in [3.8, 4) is 6.19 Å². The number of para-hydroxylation sites is 1. The molecule has 5 nitrogen and oxygen atoms in total. The van der Waals surface area contributed by atoms with Crippen LogP contribution >= 0.6 is 11.3 Å². The molecule has 1 amide bonds. The molecule has 1 saturated heterocycles. The highest BCUT2D eigenvalue weighted by molar-refractivity contribution is 7.20. The van der Waals surface area contributed by atoms with Gasteiger partial charge < -0.3 is 10.2 Å². The van der Waals surface area contributed by atoms with Gasteiger partial charge in [-0.2, -0.15) is 5.26 Å². The fourth-order valence-electron chi connectivity index (χ4n) is 2.19. The molecule has 2 aromatic rings. The third-order valence-electron chi connectivity index (χ3n) is 3.15. The molecule has 0 saturated carbocycles. The highest BCUT2D eigenvalue weighted by Gasteiger charge is 2.24. The van der Waals surface area contributed by atoms with Crippen LogP contribution in [0, 0.1) is 11.5 Å². The molecule has 1 aliphatic heterocycles. The van der Waals surface area contributed by atoms with Gasteiger partial charge in [0.1, 0.15) is 0 Å². The molecule has 6 heteroatoms. The average Bonchev–Trinajstić information content (AvgIpc) is 3.04. The summed E-state index contributed by atoms with van der Waals surface area (Å²) < 4.78 is 1.01. The number of benzene rings is 1. The van der Waals surface area contributed by atoms with Gasteiger partial charge in [0.25, 0.3) is 5.91 Å². The average molecular weight is 272 g/mol. The van der Waals surface area contributed by atoms with E-state index in [1.54, 1.807) is 4.90 Å². The Labute approximate surface area is 114 Å². The predicted octanol–water partition coefficient (Wildman–Crippen LogP) is 1.58. The summed E-state index contributed by atoms with van der Waals surface area (Å²) in [4.78, 5) is 18.1. The van der Waals surface area contributed by atoms with Crippen LogP contribution in [-0.4, -0.2) is 34.9 Å². The van der Waals surface area contributed by atoms with Crippen LogP contribution < -0.4 is 5.32 Å². The summed E-state index contributed by atoms with van der Waals surface area (Å²) in [6.07, 6.45) is 2.91. The summed E-state index contributed by atoms with van der Waals surface area (Å²) in [7, 11) is 0. The second-order valence-corrected chi connectivity index (χ2v) is 5.52. The van der Waals surface area contributed by atoms with Gasteiger partial charge in [-0.25, -0.2) is 4.98 Å². The Kier molecular flexibility index (Phi) is 3.05. The number of thiazole rings is 1. The monoisotopic (exact) mass is 272 g/mol. The summed E-state index contributed by atoms with van der Waals surface area (Å²) in [5.41, 5.74) is 0.850. The molecule has 1 aromatic heterocycles. The quantitative estimate of drug-likeness (QED) is 0.843. The van der Waals surface area contributed by atoms with Gasteiger partial charge >= 0.3 is 0 Å². The van der Waals surface area contributed by atoms with Crippen molar-refractivity contribution in [3.63, 3.8) is 0 Å². The molecule has 19 heavy (non-hydrogen) atoms. The van der Waals surface area contributed by atoms with Gasteiger partial charge in [0.2, 0.25) is 0 Å². The van der Waals surface area contributed by atoms with Gasteiger partial charge in [-0.1, -0.05) is 12.1 Å². The Bertz CT molecular complexity index is 627. The van der Waals surface area contributed by atoms with Crippen LogP contribution in [0.25, 0.3) is 10.2 Å². The van der Waals surface area contributed by atoms with Crippen molar-refractivity contribution >= 4 is 27.5 Å². The first-order valence-electron chi connectivity index (χ1n) is 6.07. The summed E-state index contributed by atoms with van der Waals surface area (Å²) in [5, 5.41) is 12.2. The lowest BCUT2D eigenvalue weighted by Crippen LogP contribution is -2.36. The van der Waals surface area contributed by atoms with Crippen molar-refractivity contribution in [2.75, 3.05) is 13.1 Å². The van der Waals surface area contributed by atoms with Gasteiger partial charge in [-0.15, -0.1) is 11.3 Å². The van der Waals surface area contributed by atoms with Gasteiger partial charge in [-0.05, 0) is 18.6 Å². The number of amides is 1. The zero-order valence-electron chi connectivity index (χ0n) is 10.2. The topological polar surface area (TPSA) is 69.0 Å². The molecule has 0 spiro atoms. The molecule has 1 N–H and O–H groups in total. The molecule has 1 aliphatic rings. The Hall–Kier alpha value is -2.13. The molecule has 0 radical (unpaired) electrons. The van der Waals surface area contributed by atoms with Crippen molar-refractivity contribution < 1.29 is 4.79 Å². The number of nitriles is 1. The number of hydrogen-bond acceptors (Lipinski definition) is 5. The second kappa shape index (κ2) is 4.86. The molecule has 1 atom stereocenters. The molecule has 1 unspecified atom stereocenters. The van der Waals surface area contributed by atoms with Gasteiger partial charge in [0.15, 0.2) is 11.2 Å². The lowest BCUT2D eigenvalue weighted by molar-refractivity contribution is 0.0938.